The van der Waals surface area contributed by atoms with Gasteiger partial charge >= 0.3 is 0 Å². The highest BCUT2D eigenvalue weighted by Gasteiger charge is 2.21. The summed E-state index contributed by atoms with van der Waals surface area (Å²) in [6, 6.07) is 59.1. The maximum absolute atomic E-state index is 5.38. The second-order valence-corrected chi connectivity index (χ2v) is 15.0. The third kappa shape index (κ3) is 5.12. The summed E-state index contributed by atoms with van der Waals surface area (Å²) in [7, 11) is 0. The Bertz CT molecular complexity index is 2800. The summed E-state index contributed by atoms with van der Waals surface area (Å²) in [6.45, 7) is 0. The number of benzene rings is 7. The Morgan fingerprint density at radius 3 is 1.66 bits per heavy atom. The second-order valence-electron chi connectivity index (χ2n) is 12.8. The molecule has 0 amide bonds. The highest BCUT2D eigenvalue weighted by molar-refractivity contribution is 7.26. The van der Waals surface area contributed by atoms with E-state index in [9.17, 15) is 0 Å². The Morgan fingerprint density at radius 1 is 0.400 bits per heavy atom. The van der Waals surface area contributed by atoms with E-state index in [1.165, 1.54) is 68.2 Å². The first-order valence-corrected chi connectivity index (χ1v) is 18.5. The molecule has 9 aromatic rings. The molecule has 2 nitrogen and oxygen atoms in total. The first-order valence-electron chi connectivity index (χ1n) is 16.9. The van der Waals surface area contributed by atoms with Gasteiger partial charge in [-0.3, -0.25) is 4.99 Å². The van der Waals surface area contributed by atoms with Crippen molar-refractivity contribution in [2.45, 2.75) is 6.04 Å². The largest absolute Gasteiger partial charge is 0.340 e. The Hall–Kier alpha value is -5.81. The van der Waals surface area contributed by atoms with Crippen molar-refractivity contribution in [3.05, 3.63) is 187 Å². The minimum absolute atomic E-state index is 0.140. The van der Waals surface area contributed by atoms with Gasteiger partial charge in [-0.2, -0.15) is 0 Å². The molecule has 0 saturated heterocycles. The van der Waals surface area contributed by atoms with Gasteiger partial charge in [0.05, 0.1) is 6.04 Å². The summed E-state index contributed by atoms with van der Waals surface area (Å²) in [6.07, 6.45) is 2.29. The van der Waals surface area contributed by atoms with Gasteiger partial charge in [0.25, 0.3) is 0 Å². The van der Waals surface area contributed by atoms with E-state index in [-0.39, 0.29) is 6.04 Å². The zero-order valence-corrected chi connectivity index (χ0v) is 28.6. The molecule has 10 rings (SSSR count). The molecular weight excluding hydrogens is 645 g/mol. The van der Waals surface area contributed by atoms with Crippen LogP contribution in [0.2, 0.25) is 0 Å². The molecule has 2 aromatic heterocycles. The fourth-order valence-corrected chi connectivity index (χ4v) is 9.50. The van der Waals surface area contributed by atoms with E-state index in [0.717, 1.165) is 22.7 Å². The zero-order chi connectivity index (χ0) is 33.0. The number of fused-ring (bicyclic) bond motifs is 6. The van der Waals surface area contributed by atoms with E-state index in [1.54, 1.807) is 0 Å². The minimum atomic E-state index is -0.140. The van der Waals surface area contributed by atoms with Crippen LogP contribution in [0.3, 0.4) is 0 Å². The van der Waals surface area contributed by atoms with Crippen molar-refractivity contribution in [3.63, 3.8) is 0 Å². The van der Waals surface area contributed by atoms with E-state index in [0.29, 0.717) is 0 Å². The van der Waals surface area contributed by atoms with Gasteiger partial charge in [0, 0.05) is 51.6 Å². The van der Waals surface area contributed by atoms with Gasteiger partial charge in [-0.1, -0.05) is 127 Å². The van der Waals surface area contributed by atoms with Crippen molar-refractivity contribution in [2.24, 2.45) is 4.99 Å². The van der Waals surface area contributed by atoms with E-state index in [1.807, 2.05) is 22.7 Å². The molecule has 1 atom stereocenters. The van der Waals surface area contributed by atoms with E-state index >= 15 is 0 Å². The minimum Gasteiger partial charge on any atom is -0.340 e. The van der Waals surface area contributed by atoms with Gasteiger partial charge in [0.2, 0.25) is 0 Å². The molecule has 236 valence electrons. The molecule has 3 heterocycles. The Labute approximate surface area is 298 Å². The first kappa shape index (κ1) is 29.1. The molecule has 0 saturated carbocycles. The SMILES string of the molecule is C1=C(c2cccc(-c3cccc(-c4ccccc4)c3)c2)NC(c2ccc3c(c2)sc2ccccc23)=NC1c1ccc2c(c1)sc1ccccc12. The number of rotatable bonds is 5. The van der Waals surface area contributed by atoms with E-state index in [4.69, 9.17) is 4.99 Å². The van der Waals surface area contributed by atoms with E-state index < -0.39 is 0 Å². The van der Waals surface area contributed by atoms with Crippen LogP contribution < -0.4 is 5.32 Å². The van der Waals surface area contributed by atoms with Crippen LogP contribution in [-0.4, -0.2) is 5.84 Å². The summed E-state index contributed by atoms with van der Waals surface area (Å²) in [5, 5.41) is 8.99. The molecule has 1 aliphatic heterocycles. The monoisotopic (exact) mass is 674 g/mol. The van der Waals surface area contributed by atoms with Crippen LogP contribution in [-0.2, 0) is 0 Å². The molecule has 0 fully saturated rings. The van der Waals surface area contributed by atoms with Gasteiger partial charge < -0.3 is 5.32 Å². The molecule has 4 heteroatoms. The number of nitrogens with zero attached hydrogens (tertiary/aromatic N) is 1. The average molecular weight is 675 g/mol. The van der Waals surface area contributed by atoms with Crippen LogP contribution >= 0.6 is 22.7 Å². The fraction of sp³-hybridized carbons (Fsp3) is 0.0217. The molecule has 0 bridgehead atoms. The quantitative estimate of drug-likeness (QED) is 0.193. The molecular formula is C46H30N2S2. The van der Waals surface area contributed by atoms with Crippen LogP contribution in [0.1, 0.15) is 22.7 Å². The number of thiophene rings is 2. The third-order valence-corrected chi connectivity index (χ3v) is 12.0. The smallest absolute Gasteiger partial charge is 0.133 e. The highest BCUT2D eigenvalue weighted by atomic mass is 32.1. The summed E-state index contributed by atoms with van der Waals surface area (Å²) in [5.74, 6) is 0.889. The van der Waals surface area contributed by atoms with Crippen molar-refractivity contribution in [1.29, 1.82) is 0 Å². The molecule has 0 radical (unpaired) electrons. The van der Waals surface area contributed by atoms with Crippen molar-refractivity contribution in [2.75, 3.05) is 0 Å². The average Bonchev–Trinajstić information content (AvgIpc) is 3.76. The predicted molar refractivity (Wildman–Crippen MR) is 216 cm³/mol. The van der Waals surface area contributed by atoms with Crippen LogP contribution in [0.25, 0.3) is 68.3 Å². The maximum Gasteiger partial charge on any atom is 0.133 e. The number of hydrogen-bond donors (Lipinski definition) is 1. The number of amidine groups is 1. The maximum atomic E-state index is 5.38. The van der Waals surface area contributed by atoms with Crippen molar-refractivity contribution < 1.29 is 0 Å². The van der Waals surface area contributed by atoms with Gasteiger partial charge in [0.15, 0.2) is 0 Å². The number of hydrogen-bond acceptors (Lipinski definition) is 4. The lowest BCUT2D eigenvalue weighted by Crippen LogP contribution is -2.27. The van der Waals surface area contributed by atoms with E-state index in [2.05, 4.69) is 175 Å². The van der Waals surface area contributed by atoms with Gasteiger partial charge in [-0.15, -0.1) is 22.7 Å². The molecule has 1 N–H and O–H groups in total. The third-order valence-electron chi connectivity index (χ3n) is 9.72. The zero-order valence-electron chi connectivity index (χ0n) is 27.0. The Kier molecular flexibility index (Phi) is 6.97. The molecule has 50 heavy (non-hydrogen) atoms. The second kappa shape index (κ2) is 12.0. The van der Waals surface area contributed by atoms with Crippen LogP contribution in [0, 0.1) is 0 Å². The molecule has 0 spiro atoms. The van der Waals surface area contributed by atoms with Crippen molar-refractivity contribution in [3.8, 4) is 22.3 Å². The predicted octanol–water partition coefficient (Wildman–Crippen LogP) is 12.9. The lowest BCUT2D eigenvalue weighted by atomic mass is 9.96. The lowest BCUT2D eigenvalue weighted by Gasteiger charge is -2.24. The molecule has 0 aliphatic carbocycles. The standard InChI is InChI=1S/C46H30N2S2/c1-2-10-29(11-3-1)30-12-8-13-31(24-30)32-14-9-15-33(25-32)40-28-41(34-20-22-38-36-16-4-6-18-42(36)49-44(38)26-34)48-46(47-40)35-21-23-39-37-17-5-7-19-43(37)50-45(39)27-35/h1-28,41H,(H,47,48). The summed E-state index contributed by atoms with van der Waals surface area (Å²) < 4.78 is 5.19. The lowest BCUT2D eigenvalue weighted by molar-refractivity contribution is 0.882. The summed E-state index contributed by atoms with van der Waals surface area (Å²) in [4.78, 5) is 5.38. The highest BCUT2D eigenvalue weighted by Crippen LogP contribution is 2.39. The summed E-state index contributed by atoms with van der Waals surface area (Å²) >= 11 is 3.69. The fourth-order valence-electron chi connectivity index (χ4n) is 7.20. The van der Waals surface area contributed by atoms with Gasteiger partial charge in [0.1, 0.15) is 5.84 Å². The van der Waals surface area contributed by atoms with Crippen LogP contribution in [0.5, 0.6) is 0 Å². The summed E-state index contributed by atoms with van der Waals surface area (Å²) in [5.41, 5.74) is 9.29. The van der Waals surface area contributed by atoms with Crippen LogP contribution in [0.15, 0.2) is 175 Å². The Balaban J connectivity index is 1.08. The molecule has 7 aromatic carbocycles. The topological polar surface area (TPSA) is 24.4 Å². The Morgan fingerprint density at radius 2 is 0.940 bits per heavy atom. The molecule has 1 aliphatic rings. The van der Waals surface area contributed by atoms with Crippen molar-refractivity contribution in [1.82, 2.24) is 5.32 Å². The van der Waals surface area contributed by atoms with Crippen molar-refractivity contribution >= 4 is 74.6 Å². The van der Waals surface area contributed by atoms with Gasteiger partial charge in [-0.25, -0.2) is 0 Å². The van der Waals surface area contributed by atoms with Crippen LogP contribution in [0.4, 0.5) is 0 Å². The normalized spacial score (nSPS) is 14.6. The number of nitrogens with one attached hydrogen (secondary N) is 1. The molecule has 1 unspecified atom stereocenters. The van der Waals surface area contributed by atoms with Gasteiger partial charge in [-0.05, 0) is 75.9 Å². The first-order chi connectivity index (χ1) is 24.7. The number of aliphatic imine (C=N–C) groups is 1.